The molecule has 1 atom stereocenters. The third-order valence-electron chi connectivity index (χ3n) is 4.81. The fraction of sp³-hybridized carbons (Fsp3) is 0.304. The first-order valence-electron chi connectivity index (χ1n) is 10.0. The highest BCUT2D eigenvalue weighted by Gasteiger charge is 2.30. The molecule has 6 nitrogen and oxygen atoms in total. The molecule has 176 valence electrons. The minimum absolute atomic E-state index is 0.0810. The predicted octanol–water partition coefficient (Wildman–Crippen LogP) is 4.77. The molecule has 0 fully saturated rings. The van der Waals surface area contributed by atoms with Gasteiger partial charge in [0.25, 0.3) is 5.91 Å². The SMILES string of the molecule is Cc1noc(C)c1CSc1ccccc1C(=O)NCC(O)COc1ccc(C(F)(F)F)cc1. The van der Waals surface area contributed by atoms with E-state index in [-0.39, 0.29) is 24.8 Å². The molecule has 0 aliphatic carbocycles. The first kappa shape index (κ1) is 24.7. The summed E-state index contributed by atoms with van der Waals surface area (Å²) in [6.45, 7) is 3.43. The number of halogens is 3. The number of hydrogen-bond acceptors (Lipinski definition) is 6. The van der Waals surface area contributed by atoms with Gasteiger partial charge in [-0.3, -0.25) is 4.79 Å². The van der Waals surface area contributed by atoms with E-state index in [1.807, 2.05) is 26.0 Å². The number of aryl methyl sites for hydroxylation is 2. The van der Waals surface area contributed by atoms with Gasteiger partial charge in [-0.15, -0.1) is 11.8 Å². The number of aliphatic hydroxyl groups is 1. The van der Waals surface area contributed by atoms with E-state index in [2.05, 4.69) is 10.5 Å². The van der Waals surface area contributed by atoms with Gasteiger partial charge >= 0.3 is 6.18 Å². The van der Waals surface area contributed by atoms with Gasteiger partial charge in [0.05, 0.1) is 16.8 Å². The smallest absolute Gasteiger partial charge is 0.416 e. The second-order valence-electron chi connectivity index (χ2n) is 7.28. The maximum absolute atomic E-state index is 12.7. The normalized spacial score (nSPS) is 12.4. The van der Waals surface area contributed by atoms with Crippen LogP contribution in [0.2, 0.25) is 0 Å². The van der Waals surface area contributed by atoms with Gasteiger partial charge in [-0.05, 0) is 50.2 Å². The van der Waals surface area contributed by atoms with Crippen LogP contribution in [0, 0.1) is 13.8 Å². The average molecular weight is 481 g/mol. The number of hydrogen-bond donors (Lipinski definition) is 2. The summed E-state index contributed by atoms with van der Waals surface area (Å²) in [4.78, 5) is 13.4. The summed E-state index contributed by atoms with van der Waals surface area (Å²) >= 11 is 1.48. The molecular weight excluding hydrogens is 457 g/mol. The van der Waals surface area contributed by atoms with Crippen molar-refractivity contribution in [2.75, 3.05) is 13.2 Å². The fourth-order valence-corrected chi connectivity index (χ4v) is 4.14. The minimum atomic E-state index is -4.43. The highest BCUT2D eigenvalue weighted by Crippen LogP contribution is 2.30. The quantitative estimate of drug-likeness (QED) is 0.429. The maximum Gasteiger partial charge on any atom is 0.416 e. The van der Waals surface area contributed by atoms with Crippen molar-refractivity contribution in [2.24, 2.45) is 0 Å². The third-order valence-corrected chi connectivity index (χ3v) is 5.91. The third kappa shape index (κ3) is 6.75. The molecule has 1 heterocycles. The lowest BCUT2D eigenvalue weighted by Gasteiger charge is -2.15. The number of ether oxygens (including phenoxy) is 1. The first-order valence-corrected chi connectivity index (χ1v) is 11.0. The Hall–Kier alpha value is -2.98. The van der Waals surface area contributed by atoms with E-state index >= 15 is 0 Å². The zero-order valence-electron chi connectivity index (χ0n) is 18.0. The van der Waals surface area contributed by atoms with Crippen LogP contribution in [0.1, 0.15) is 32.9 Å². The van der Waals surface area contributed by atoms with Crippen LogP contribution in [0.4, 0.5) is 13.2 Å². The van der Waals surface area contributed by atoms with Gasteiger partial charge in [0.15, 0.2) is 0 Å². The lowest BCUT2D eigenvalue weighted by atomic mass is 10.2. The number of nitrogens with one attached hydrogen (secondary N) is 1. The predicted molar refractivity (Wildman–Crippen MR) is 117 cm³/mol. The number of rotatable bonds is 9. The van der Waals surface area contributed by atoms with E-state index in [9.17, 15) is 23.1 Å². The fourth-order valence-electron chi connectivity index (χ4n) is 2.94. The number of aromatic nitrogens is 1. The average Bonchev–Trinajstić information content (AvgIpc) is 3.11. The van der Waals surface area contributed by atoms with Gasteiger partial charge < -0.3 is 19.7 Å². The number of alkyl halides is 3. The van der Waals surface area contributed by atoms with E-state index in [1.54, 1.807) is 12.1 Å². The second-order valence-corrected chi connectivity index (χ2v) is 8.30. The Bertz CT molecular complexity index is 1060. The molecule has 10 heteroatoms. The maximum atomic E-state index is 12.7. The zero-order valence-corrected chi connectivity index (χ0v) is 18.8. The number of carbonyl (C=O) groups is 1. The summed E-state index contributed by atoms with van der Waals surface area (Å²) in [5.41, 5.74) is 1.46. The van der Waals surface area contributed by atoms with Crippen LogP contribution in [0.25, 0.3) is 0 Å². The monoisotopic (exact) mass is 480 g/mol. The Morgan fingerprint density at radius 3 is 2.52 bits per heavy atom. The van der Waals surface area contributed by atoms with Crippen molar-refractivity contribution in [1.82, 2.24) is 10.5 Å². The Kier molecular flexibility index (Phi) is 8.04. The summed E-state index contributed by atoms with van der Waals surface area (Å²) in [5.74, 6) is 1.16. The largest absolute Gasteiger partial charge is 0.491 e. The van der Waals surface area contributed by atoms with Crippen LogP contribution in [0.15, 0.2) is 57.9 Å². The molecule has 3 aromatic rings. The number of benzene rings is 2. The van der Waals surface area contributed by atoms with Crippen LogP contribution in [-0.4, -0.2) is 35.4 Å². The van der Waals surface area contributed by atoms with Crippen LogP contribution in [0.3, 0.4) is 0 Å². The van der Waals surface area contributed by atoms with Crippen molar-refractivity contribution in [3.8, 4) is 5.75 Å². The van der Waals surface area contributed by atoms with Crippen LogP contribution < -0.4 is 10.1 Å². The molecule has 0 saturated heterocycles. The summed E-state index contributed by atoms with van der Waals surface area (Å²) < 4.78 is 48.3. The molecule has 0 aliphatic heterocycles. The van der Waals surface area contributed by atoms with Crippen molar-refractivity contribution in [2.45, 2.75) is 36.8 Å². The number of amides is 1. The van der Waals surface area contributed by atoms with Crippen molar-refractivity contribution in [1.29, 1.82) is 0 Å². The summed E-state index contributed by atoms with van der Waals surface area (Å²) in [7, 11) is 0. The summed E-state index contributed by atoms with van der Waals surface area (Å²) in [6.07, 6.45) is -5.47. The molecule has 0 spiro atoms. The van der Waals surface area contributed by atoms with Gasteiger partial charge in [-0.1, -0.05) is 17.3 Å². The lowest BCUT2D eigenvalue weighted by molar-refractivity contribution is -0.137. The van der Waals surface area contributed by atoms with Crippen molar-refractivity contribution in [3.63, 3.8) is 0 Å². The Balaban J connectivity index is 1.51. The molecule has 0 radical (unpaired) electrons. The molecule has 0 bridgehead atoms. The number of nitrogens with zero attached hydrogens (tertiary/aromatic N) is 1. The summed E-state index contributed by atoms with van der Waals surface area (Å²) in [5, 5.41) is 16.7. The topological polar surface area (TPSA) is 84.6 Å². The van der Waals surface area contributed by atoms with Gasteiger partial charge in [-0.2, -0.15) is 13.2 Å². The number of thioether (sulfide) groups is 1. The zero-order chi connectivity index (χ0) is 24.0. The van der Waals surface area contributed by atoms with Crippen molar-refractivity contribution < 1.29 is 32.3 Å². The lowest BCUT2D eigenvalue weighted by Crippen LogP contribution is -2.35. The standard InChI is InChI=1S/C23H23F3N2O4S/c1-14-20(15(2)32-28-14)13-33-21-6-4-3-5-19(21)22(30)27-11-17(29)12-31-18-9-7-16(8-10-18)23(24,25)26/h3-10,17,29H,11-13H2,1-2H3,(H,27,30). The van der Waals surface area contributed by atoms with E-state index in [4.69, 9.17) is 9.26 Å². The van der Waals surface area contributed by atoms with Crippen LogP contribution >= 0.6 is 11.8 Å². The number of aliphatic hydroxyl groups excluding tert-OH is 1. The molecular formula is C23H23F3N2O4S. The van der Waals surface area contributed by atoms with E-state index in [0.717, 1.165) is 34.0 Å². The highest BCUT2D eigenvalue weighted by atomic mass is 32.2. The first-order chi connectivity index (χ1) is 15.6. The Labute approximate surface area is 193 Å². The molecule has 0 aliphatic rings. The van der Waals surface area contributed by atoms with Gasteiger partial charge in [0.1, 0.15) is 24.2 Å². The molecule has 2 N–H and O–H groups in total. The molecule has 2 aromatic carbocycles. The summed E-state index contributed by atoms with van der Waals surface area (Å²) in [6, 6.07) is 11.3. The second kappa shape index (κ2) is 10.8. The van der Waals surface area contributed by atoms with Crippen LogP contribution in [0.5, 0.6) is 5.75 Å². The highest BCUT2D eigenvalue weighted by molar-refractivity contribution is 7.98. The van der Waals surface area contributed by atoms with Gasteiger partial charge in [-0.25, -0.2) is 0 Å². The van der Waals surface area contributed by atoms with Crippen LogP contribution in [-0.2, 0) is 11.9 Å². The number of carbonyl (C=O) groups excluding carboxylic acids is 1. The van der Waals surface area contributed by atoms with E-state index < -0.39 is 17.8 Å². The Morgan fingerprint density at radius 2 is 1.88 bits per heavy atom. The van der Waals surface area contributed by atoms with Crippen molar-refractivity contribution in [3.05, 3.63) is 76.7 Å². The molecule has 3 rings (SSSR count). The molecule has 1 amide bonds. The molecule has 1 unspecified atom stereocenters. The Morgan fingerprint density at radius 1 is 1.18 bits per heavy atom. The van der Waals surface area contributed by atoms with Gasteiger partial charge in [0, 0.05) is 22.8 Å². The van der Waals surface area contributed by atoms with E-state index in [1.165, 1.54) is 23.9 Å². The van der Waals surface area contributed by atoms with E-state index in [0.29, 0.717) is 11.3 Å². The minimum Gasteiger partial charge on any atom is -0.491 e. The molecule has 33 heavy (non-hydrogen) atoms. The van der Waals surface area contributed by atoms with Crippen molar-refractivity contribution >= 4 is 17.7 Å². The van der Waals surface area contributed by atoms with Gasteiger partial charge in [0.2, 0.25) is 0 Å². The molecule has 1 aromatic heterocycles. The molecule has 0 saturated carbocycles.